The van der Waals surface area contributed by atoms with Crippen molar-refractivity contribution in [3.05, 3.63) is 0 Å². The predicted octanol–water partition coefficient (Wildman–Crippen LogP) is -3.78. The Hall–Kier alpha value is -0.260. The average Bonchev–Trinajstić information content (AvgIpc) is 2.03. The molecule has 0 aromatic heterocycles. The third-order valence-electron chi connectivity index (χ3n) is 1.34. The third kappa shape index (κ3) is 6.86. The molecule has 0 aromatic rings. The Morgan fingerprint density at radius 2 is 1.77 bits per heavy atom. The smallest absolute Gasteiger partial charge is 0.546 e. The van der Waals surface area contributed by atoms with Crippen LogP contribution in [-0.4, -0.2) is 36.7 Å². The Labute approximate surface area is 99.3 Å². The first kappa shape index (κ1) is 15.2. The fourth-order valence-corrected chi connectivity index (χ4v) is 0.694. The summed E-state index contributed by atoms with van der Waals surface area (Å²) in [6, 6.07) is 0. The van der Waals surface area contributed by atoms with Crippen molar-refractivity contribution in [3.63, 3.8) is 0 Å². The Balaban J connectivity index is 0. The van der Waals surface area contributed by atoms with Crippen molar-refractivity contribution >= 4 is 12.1 Å². The van der Waals surface area contributed by atoms with Gasteiger partial charge in [-0.2, -0.15) is 0 Å². The number of aliphatic carboxylic acids is 1. The summed E-state index contributed by atoms with van der Waals surface area (Å²) in [6.45, 7) is 3.88. The topological polar surface area (TPSA) is 69.7 Å². The quantitative estimate of drug-likeness (QED) is 0.434. The van der Waals surface area contributed by atoms with E-state index in [1.165, 1.54) is 4.90 Å². The molecule has 0 rings (SSSR count). The summed E-state index contributed by atoms with van der Waals surface area (Å²) in [5.74, 6) is -1.39. The maximum atomic E-state index is 10.9. The van der Waals surface area contributed by atoms with Crippen LogP contribution in [0.25, 0.3) is 0 Å². The molecule has 6 heteroatoms. The molecule has 0 saturated carbocycles. The molecule has 0 bridgehead atoms. The minimum Gasteiger partial charge on any atom is -0.546 e. The van der Waals surface area contributed by atoms with Crippen LogP contribution in [0.2, 0.25) is 0 Å². The number of carboxylic acid groups (broad SMARTS) is 1. The van der Waals surface area contributed by atoms with Gasteiger partial charge in [-0.3, -0.25) is 0 Å². The molecule has 0 aromatic carbocycles. The van der Waals surface area contributed by atoms with E-state index in [0.717, 1.165) is 0 Å². The van der Waals surface area contributed by atoms with Gasteiger partial charge in [-0.25, -0.2) is 4.79 Å². The molecular weight excluding hydrogens is 185 g/mol. The van der Waals surface area contributed by atoms with Crippen LogP contribution in [0.3, 0.4) is 0 Å². The summed E-state index contributed by atoms with van der Waals surface area (Å²) in [5.41, 5.74) is 0. The van der Waals surface area contributed by atoms with E-state index in [1.54, 1.807) is 13.8 Å². The second kappa shape index (κ2) is 8.34. The van der Waals surface area contributed by atoms with Gasteiger partial charge in [-0.05, 0) is 13.8 Å². The van der Waals surface area contributed by atoms with Gasteiger partial charge in [0.25, 0.3) is 0 Å². The number of hydrogen-bond donors (Lipinski definition) is 0. The summed E-state index contributed by atoms with van der Waals surface area (Å²) >= 11 is 0. The molecule has 0 fully saturated rings. The van der Waals surface area contributed by atoms with Crippen LogP contribution in [0.4, 0.5) is 4.79 Å². The van der Waals surface area contributed by atoms with Crippen molar-refractivity contribution in [3.8, 4) is 0 Å². The average molecular weight is 197 g/mol. The van der Waals surface area contributed by atoms with Crippen molar-refractivity contribution < 1.29 is 49.0 Å². The van der Waals surface area contributed by atoms with E-state index in [-0.39, 0.29) is 29.6 Å². The zero-order chi connectivity index (χ0) is 9.56. The van der Waals surface area contributed by atoms with Gasteiger partial charge in [0, 0.05) is 13.1 Å². The summed E-state index contributed by atoms with van der Waals surface area (Å²) in [4.78, 5) is 22.2. The first-order valence-electron chi connectivity index (χ1n) is 3.73. The van der Waals surface area contributed by atoms with Crippen LogP contribution in [0.1, 0.15) is 13.8 Å². The molecule has 0 atom stereocenters. The molecule has 0 aliphatic carbocycles. The monoisotopic (exact) mass is 197 g/mol. The fraction of sp³-hybridized carbons (Fsp3) is 0.714. The van der Waals surface area contributed by atoms with Gasteiger partial charge in [-0.15, -0.1) is 0 Å². The molecule has 1 amide bonds. The van der Waals surface area contributed by atoms with E-state index in [9.17, 15) is 14.7 Å². The number of carbonyl (C=O) groups is 2. The standard InChI is InChI=1S/C7H13NO4.Na/c1-3-8(4-2)7(11)12-5-6(9)10;/h3-5H2,1-2H3,(H,9,10);/q;+1/p-1. The Morgan fingerprint density at radius 1 is 1.31 bits per heavy atom. The van der Waals surface area contributed by atoms with Gasteiger partial charge in [-0.1, -0.05) is 0 Å². The maximum Gasteiger partial charge on any atom is 1.00 e. The summed E-state index contributed by atoms with van der Waals surface area (Å²) < 4.78 is 4.37. The molecule has 0 spiro atoms. The van der Waals surface area contributed by atoms with Crippen LogP contribution >= 0.6 is 0 Å². The minimum atomic E-state index is -1.39. The van der Waals surface area contributed by atoms with Crippen molar-refractivity contribution in [2.45, 2.75) is 13.8 Å². The van der Waals surface area contributed by atoms with Crippen molar-refractivity contribution in [2.75, 3.05) is 19.7 Å². The van der Waals surface area contributed by atoms with E-state index in [0.29, 0.717) is 13.1 Å². The summed E-state index contributed by atoms with van der Waals surface area (Å²) in [5, 5.41) is 9.90. The molecule has 0 radical (unpaired) electrons. The minimum absolute atomic E-state index is 0. The SMILES string of the molecule is CCN(CC)C(=O)OCC(=O)[O-].[Na+]. The number of amides is 1. The van der Waals surface area contributed by atoms with E-state index < -0.39 is 18.7 Å². The largest absolute Gasteiger partial charge is 1.00 e. The number of nitrogens with zero attached hydrogens (tertiary/aromatic N) is 1. The van der Waals surface area contributed by atoms with E-state index >= 15 is 0 Å². The maximum absolute atomic E-state index is 10.9. The van der Waals surface area contributed by atoms with Gasteiger partial charge < -0.3 is 19.5 Å². The molecule has 13 heavy (non-hydrogen) atoms. The molecule has 0 unspecified atom stereocenters. The molecule has 0 saturated heterocycles. The van der Waals surface area contributed by atoms with Gasteiger partial charge >= 0.3 is 35.7 Å². The van der Waals surface area contributed by atoms with Crippen molar-refractivity contribution in [2.24, 2.45) is 0 Å². The number of carboxylic acids is 1. The van der Waals surface area contributed by atoms with Gasteiger partial charge in [0.1, 0.15) is 6.61 Å². The number of ether oxygens (including phenoxy) is 1. The summed E-state index contributed by atoms with van der Waals surface area (Å²) in [6.07, 6.45) is -0.621. The first-order valence-corrected chi connectivity index (χ1v) is 3.73. The third-order valence-corrected chi connectivity index (χ3v) is 1.34. The normalized spacial score (nSPS) is 8.46. The number of rotatable bonds is 4. The molecule has 0 N–H and O–H groups in total. The molecular formula is C7H12NNaO4. The molecule has 5 nitrogen and oxygen atoms in total. The second-order valence-corrected chi connectivity index (χ2v) is 2.10. The van der Waals surface area contributed by atoms with Gasteiger partial charge in [0.2, 0.25) is 0 Å². The van der Waals surface area contributed by atoms with E-state index in [4.69, 9.17) is 0 Å². The van der Waals surface area contributed by atoms with E-state index in [2.05, 4.69) is 4.74 Å². The van der Waals surface area contributed by atoms with Crippen molar-refractivity contribution in [1.82, 2.24) is 4.90 Å². The predicted molar refractivity (Wildman–Crippen MR) is 39.3 cm³/mol. The molecule has 70 valence electrons. The molecule has 0 aliphatic rings. The Kier molecular flexibility index (Phi) is 9.77. The van der Waals surface area contributed by atoms with Crippen molar-refractivity contribution in [1.29, 1.82) is 0 Å². The van der Waals surface area contributed by atoms with Crippen LogP contribution in [0.5, 0.6) is 0 Å². The Bertz CT molecular complexity index is 170. The molecule has 0 heterocycles. The fourth-order valence-electron chi connectivity index (χ4n) is 0.694. The zero-order valence-corrected chi connectivity index (χ0v) is 10.2. The van der Waals surface area contributed by atoms with Gasteiger partial charge in [0.05, 0.1) is 5.97 Å². The van der Waals surface area contributed by atoms with Crippen LogP contribution < -0.4 is 34.7 Å². The molecule has 0 aliphatic heterocycles. The number of hydrogen-bond acceptors (Lipinski definition) is 4. The van der Waals surface area contributed by atoms with Crippen LogP contribution in [0.15, 0.2) is 0 Å². The van der Waals surface area contributed by atoms with E-state index in [1.807, 2.05) is 0 Å². The number of carbonyl (C=O) groups excluding carboxylic acids is 2. The first-order chi connectivity index (χ1) is 5.61. The zero-order valence-electron chi connectivity index (χ0n) is 8.20. The van der Waals surface area contributed by atoms with Gasteiger partial charge in [0.15, 0.2) is 0 Å². The Morgan fingerprint density at radius 3 is 2.08 bits per heavy atom. The summed E-state index contributed by atoms with van der Waals surface area (Å²) in [7, 11) is 0. The second-order valence-electron chi connectivity index (χ2n) is 2.10. The van der Waals surface area contributed by atoms with Crippen LogP contribution in [-0.2, 0) is 9.53 Å². The van der Waals surface area contributed by atoms with Crippen LogP contribution in [0, 0.1) is 0 Å².